The van der Waals surface area contributed by atoms with E-state index in [1.165, 1.54) is 27.8 Å². The summed E-state index contributed by atoms with van der Waals surface area (Å²) >= 11 is 5.90. The lowest BCUT2D eigenvalue weighted by Gasteiger charge is -2.11. The fourth-order valence-electron chi connectivity index (χ4n) is 3.16. The molecule has 0 amide bonds. The molecule has 0 spiro atoms. The second-order valence-corrected chi connectivity index (χ2v) is 6.65. The number of benzene rings is 3. The Morgan fingerprint density at radius 1 is 0.615 bits per heavy atom. The molecule has 0 N–H and O–H groups in total. The first kappa shape index (κ1) is 16.6. The maximum atomic E-state index is 5.90. The van der Waals surface area contributed by atoms with Gasteiger partial charge in [0, 0.05) is 6.20 Å². The summed E-state index contributed by atoms with van der Waals surface area (Å²) in [6.07, 6.45) is 2.68. The molecule has 0 saturated carbocycles. The average Bonchev–Trinajstić information content (AvgIpc) is 2.71. The van der Waals surface area contributed by atoms with Gasteiger partial charge in [-0.05, 0) is 45.9 Å². The average molecular weight is 356 g/mol. The van der Waals surface area contributed by atoms with E-state index in [4.69, 9.17) is 11.6 Å². The molecule has 0 atom stereocenters. The molecule has 1 nitrogen and oxygen atoms in total. The van der Waals surface area contributed by atoms with E-state index in [1.54, 1.807) is 0 Å². The summed E-state index contributed by atoms with van der Waals surface area (Å²) in [4.78, 5) is 4.19. The van der Waals surface area contributed by atoms with Crippen LogP contribution in [0.2, 0.25) is 5.15 Å². The summed E-state index contributed by atoms with van der Waals surface area (Å²) in [5.74, 6) is 0. The zero-order valence-electron chi connectivity index (χ0n) is 14.3. The van der Waals surface area contributed by atoms with Gasteiger partial charge in [0.25, 0.3) is 0 Å². The largest absolute Gasteiger partial charge is 0.244 e. The van der Waals surface area contributed by atoms with E-state index in [2.05, 4.69) is 77.8 Å². The maximum absolute atomic E-state index is 5.90. The first-order valence-electron chi connectivity index (χ1n) is 8.64. The summed E-state index contributed by atoms with van der Waals surface area (Å²) in [5, 5.41) is 0.526. The molecule has 4 aromatic rings. The fourth-order valence-corrected chi connectivity index (χ4v) is 3.27. The lowest BCUT2D eigenvalue weighted by molar-refractivity contribution is 1.15. The van der Waals surface area contributed by atoms with Gasteiger partial charge in [0.05, 0.1) is 0 Å². The summed E-state index contributed by atoms with van der Waals surface area (Å²) in [5.41, 5.74) is 7.38. The van der Waals surface area contributed by atoms with Crippen molar-refractivity contribution in [3.05, 3.63) is 113 Å². The zero-order chi connectivity index (χ0) is 17.8. The SMILES string of the molecule is Clc1ccc(Cc2ccccc2-c2ccc(-c3ccccc3)cc2)cn1. The van der Waals surface area contributed by atoms with Crippen molar-refractivity contribution >= 4 is 11.6 Å². The standard InChI is InChI=1S/C24H18ClN/c25-24-15-10-18(17-26-24)16-22-8-4-5-9-23(22)21-13-11-20(12-14-21)19-6-2-1-3-7-19/h1-15,17H,16H2. The molecule has 0 saturated heterocycles. The van der Waals surface area contributed by atoms with Gasteiger partial charge in [0.15, 0.2) is 0 Å². The highest BCUT2D eigenvalue weighted by molar-refractivity contribution is 6.29. The molecule has 26 heavy (non-hydrogen) atoms. The van der Waals surface area contributed by atoms with Gasteiger partial charge in [0.1, 0.15) is 5.15 Å². The van der Waals surface area contributed by atoms with E-state index in [-0.39, 0.29) is 0 Å². The monoisotopic (exact) mass is 355 g/mol. The van der Waals surface area contributed by atoms with E-state index in [1.807, 2.05) is 24.4 Å². The lowest BCUT2D eigenvalue weighted by Crippen LogP contribution is -1.93. The molecular formula is C24H18ClN. The Hall–Kier alpha value is -2.90. The number of halogens is 1. The molecule has 3 aromatic carbocycles. The third kappa shape index (κ3) is 3.68. The van der Waals surface area contributed by atoms with Crippen LogP contribution in [0.4, 0.5) is 0 Å². The van der Waals surface area contributed by atoms with Gasteiger partial charge in [-0.2, -0.15) is 0 Å². The second kappa shape index (κ2) is 7.55. The lowest BCUT2D eigenvalue weighted by atomic mass is 9.94. The van der Waals surface area contributed by atoms with Crippen molar-refractivity contribution in [1.82, 2.24) is 4.98 Å². The third-order valence-electron chi connectivity index (χ3n) is 4.50. The van der Waals surface area contributed by atoms with E-state index < -0.39 is 0 Å². The summed E-state index contributed by atoms with van der Waals surface area (Å²) in [7, 11) is 0. The minimum atomic E-state index is 0.526. The summed E-state index contributed by atoms with van der Waals surface area (Å²) in [6.45, 7) is 0. The van der Waals surface area contributed by atoms with Crippen LogP contribution < -0.4 is 0 Å². The quantitative estimate of drug-likeness (QED) is 0.373. The molecule has 1 aromatic heterocycles. The molecule has 2 heteroatoms. The fraction of sp³-hybridized carbons (Fsp3) is 0.0417. The Balaban J connectivity index is 1.64. The molecule has 0 aliphatic rings. The van der Waals surface area contributed by atoms with Crippen molar-refractivity contribution in [1.29, 1.82) is 0 Å². The zero-order valence-corrected chi connectivity index (χ0v) is 15.0. The molecule has 0 fully saturated rings. The van der Waals surface area contributed by atoms with Crippen LogP contribution in [-0.2, 0) is 6.42 Å². The number of aromatic nitrogens is 1. The number of nitrogens with zero attached hydrogens (tertiary/aromatic N) is 1. The summed E-state index contributed by atoms with van der Waals surface area (Å²) in [6, 6.07) is 31.6. The van der Waals surface area contributed by atoms with E-state index in [0.29, 0.717) is 5.15 Å². The Morgan fingerprint density at radius 3 is 2.00 bits per heavy atom. The van der Waals surface area contributed by atoms with E-state index in [9.17, 15) is 0 Å². The smallest absolute Gasteiger partial charge is 0.129 e. The van der Waals surface area contributed by atoms with Crippen LogP contribution >= 0.6 is 11.6 Å². The van der Waals surface area contributed by atoms with Crippen molar-refractivity contribution in [2.75, 3.05) is 0 Å². The van der Waals surface area contributed by atoms with Crippen LogP contribution in [-0.4, -0.2) is 4.98 Å². The van der Waals surface area contributed by atoms with Crippen LogP contribution in [0.5, 0.6) is 0 Å². The van der Waals surface area contributed by atoms with Crippen LogP contribution in [0.3, 0.4) is 0 Å². The Labute approximate surface area is 158 Å². The van der Waals surface area contributed by atoms with Gasteiger partial charge >= 0.3 is 0 Å². The number of hydrogen-bond donors (Lipinski definition) is 0. The molecule has 126 valence electrons. The number of pyridine rings is 1. The molecule has 1 heterocycles. The van der Waals surface area contributed by atoms with Crippen LogP contribution in [0.15, 0.2) is 97.2 Å². The first-order chi connectivity index (χ1) is 12.8. The van der Waals surface area contributed by atoms with Gasteiger partial charge in [-0.25, -0.2) is 4.98 Å². The van der Waals surface area contributed by atoms with E-state index in [0.717, 1.165) is 12.0 Å². The van der Waals surface area contributed by atoms with Crippen LogP contribution in [0.25, 0.3) is 22.3 Å². The van der Waals surface area contributed by atoms with Crippen molar-refractivity contribution < 1.29 is 0 Å². The van der Waals surface area contributed by atoms with Gasteiger partial charge < -0.3 is 0 Å². The Morgan fingerprint density at radius 2 is 1.27 bits per heavy atom. The predicted octanol–water partition coefficient (Wildman–Crippen LogP) is 6.66. The molecule has 0 radical (unpaired) electrons. The second-order valence-electron chi connectivity index (χ2n) is 6.27. The van der Waals surface area contributed by atoms with Crippen molar-refractivity contribution in [3.8, 4) is 22.3 Å². The number of hydrogen-bond acceptors (Lipinski definition) is 1. The molecule has 0 bridgehead atoms. The highest BCUT2D eigenvalue weighted by Crippen LogP contribution is 2.28. The van der Waals surface area contributed by atoms with Crippen molar-refractivity contribution in [2.45, 2.75) is 6.42 Å². The van der Waals surface area contributed by atoms with Crippen LogP contribution in [0, 0.1) is 0 Å². The van der Waals surface area contributed by atoms with Crippen molar-refractivity contribution in [2.24, 2.45) is 0 Å². The summed E-state index contributed by atoms with van der Waals surface area (Å²) < 4.78 is 0. The molecule has 4 rings (SSSR count). The van der Waals surface area contributed by atoms with Gasteiger partial charge in [0.2, 0.25) is 0 Å². The van der Waals surface area contributed by atoms with Gasteiger partial charge in [-0.15, -0.1) is 0 Å². The van der Waals surface area contributed by atoms with E-state index >= 15 is 0 Å². The Kier molecular flexibility index (Phi) is 4.81. The van der Waals surface area contributed by atoms with Gasteiger partial charge in [-0.3, -0.25) is 0 Å². The normalized spacial score (nSPS) is 10.7. The molecule has 0 aliphatic carbocycles. The molecule has 0 aliphatic heterocycles. The third-order valence-corrected chi connectivity index (χ3v) is 4.73. The predicted molar refractivity (Wildman–Crippen MR) is 109 cm³/mol. The topological polar surface area (TPSA) is 12.9 Å². The maximum Gasteiger partial charge on any atom is 0.129 e. The highest BCUT2D eigenvalue weighted by atomic mass is 35.5. The highest BCUT2D eigenvalue weighted by Gasteiger charge is 2.07. The van der Waals surface area contributed by atoms with Crippen molar-refractivity contribution in [3.63, 3.8) is 0 Å². The molecular weight excluding hydrogens is 338 g/mol. The van der Waals surface area contributed by atoms with Gasteiger partial charge in [-0.1, -0.05) is 96.5 Å². The minimum Gasteiger partial charge on any atom is -0.244 e. The van der Waals surface area contributed by atoms with Crippen LogP contribution in [0.1, 0.15) is 11.1 Å². The number of rotatable bonds is 4. The molecule has 0 unspecified atom stereocenters. The Bertz CT molecular complexity index is 990. The first-order valence-corrected chi connectivity index (χ1v) is 9.01. The minimum absolute atomic E-state index is 0.526.